The zero-order valence-electron chi connectivity index (χ0n) is 15.4. The Bertz CT molecular complexity index is 1060. The van der Waals surface area contributed by atoms with Crippen molar-refractivity contribution in [3.05, 3.63) is 58.1 Å². The molecule has 3 aromatic rings. The number of aryl methyl sites for hydroxylation is 1. The molecule has 0 spiro atoms. The lowest BCUT2D eigenvalue weighted by atomic mass is 10.2. The van der Waals surface area contributed by atoms with E-state index in [9.17, 15) is 8.42 Å². The molecule has 0 unspecified atom stereocenters. The number of hydrogen-bond acceptors (Lipinski definition) is 7. The minimum absolute atomic E-state index is 0.0518. The van der Waals surface area contributed by atoms with Crippen molar-refractivity contribution in [2.75, 3.05) is 31.2 Å². The van der Waals surface area contributed by atoms with E-state index in [1.807, 2.05) is 35.4 Å². The van der Waals surface area contributed by atoms with Gasteiger partial charge in [-0.1, -0.05) is 23.8 Å². The second-order valence-electron chi connectivity index (χ2n) is 6.43. The van der Waals surface area contributed by atoms with Gasteiger partial charge in [-0.3, -0.25) is 0 Å². The Morgan fingerprint density at radius 2 is 1.86 bits per heavy atom. The van der Waals surface area contributed by atoms with Crippen molar-refractivity contribution in [1.29, 1.82) is 0 Å². The summed E-state index contributed by atoms with van der Waals surface area (Å²) in [5, 5.41) is 1.92. The van der Waals surface area contributed by atoms with Crippen molar-refractivity contribution in [3.8, 4) is 0 Å². The number of rotatable bonds is 5. The summed E-state index contributed by atoms with van der Waals surface area (Å²) in [5.41, 5.74) is 0.993. The largest absolute Gasteiger partial charge is 0.420 e. The zero-order valence-corrected chi connectivity index (χ0v) is 17.0. The molecular formula is C20H20N2O4S2. The predicted molar refractivity (Wildman–Crippen MR) is 109 cm³/mol. The SMILES string of the molecule is Cc1ccc(S(=O)(=O)c2nc(C=Cc3cccs3)oc2N2CCOCC2)cc1. The second-order valence-corrected chi connectivity index (χ2v) is 9.27. The van der Waals surface area contributed by atoms with Crippen molar-refractivity contribution >= 4 is 39.2 Å². The summed E-state index contributed by atoms with van der Waals surface area (Å²) in [6, 6.07) is 10.7. The number of ether oxygens (including phenoxy) is 1. The zero-order chi connectivity index (χ0) is 19.6. The molecule has 1 fully saturated rings. The van der Waals surface area contributed by atoms with Gasteiger partial charge in [-0.05, 0) is 36.6 Å². The summed E-state index contributed by atoms with van der Waals surface area (Å²) in [7, 11) is -3.81. The topological polar surface area (TPSA) is 72.6 Å². The Labute approximate surface area is 168 Å². The van der Waals surface area contributed by atoms with E-state index >= 15 is 0 Å². The molecular weight excluding hydrogens is 396 g/mol. The highest BCUT2D eigenvalue weighted by atomic mass is 32.2. The van der Waals surface area contributed by atoms with Crippen molar-refractivity contribution < 1.29 is 17.6 Å². The molecule has 146 valence electrons. The molecule has 0 aliphatic carbocycles. The van der Waals surface area contributed by atoms with Gasteiger partial charge in [0.25, 0.3) is 0 Å². The molecule has 0 saturated carbocycles. The molecule has 6 nitrogen and oxygen atoms in total. The van der Waals surface area contributed by atoms with Gasteiger partial charge in [0.15, 0.2) is 0 Å². The summed E-state index contributed by atoms with van der Waals surface area (Å²) in [6.45, 7) is 4.06. The van der Waals surface area contributed by atoms with Crippen LogP contribution >= 0.6 is 11.3 Å². The van der Waals surface area contributed by atoms with E-state index in [1.54, 1.807) is 41.7 Å². The maximum absolute atomic E-state index is 13.3. The molecule has 0 radical (unpaired) electrons. The number of morpholine rings is 1. The van der Waals surface area contributed by atoms with E-state index < -0.39 is 9.84 Å². The van der Waals surface area contributed by atoms with Crippen LogP contribution in [-0.4, -0.2) is 39.7 Å². The van der Waals surface area contributed by atoms with Gasteiger partial charge >= 0.3 is 0 Å². The molecule has 1 aliphatic rings. The minimum Gasteiger partial charge on any atom is -0.420 e. The van der Waals surface area contributed by atoms with Gasteiger partial charge in [-0.15, -0.1) is 11.3 Å². The van der Waals surface area contributed by atoms with Crippen molar-refractivity contribution in [2.45, 2.75) is 16.8 Å². The van der Waals surface area contributed by atoms with Crippen LogP contribution < -0.4 is 4.90 Å². The quantitative estimate of drug-likeness (QED) is 0.628. The van der Waals surface area contributed by atoms with Gasteiger partial charge in [0.05, 0.1) is 18.1 Å². The highest BCUT2D eigenvalue weighted by Crippen LogP contribution is 2.32. The van der Waals surface area contributed by atoms with E-state index in [0.29, 0.717) is 26.3 Å². The average molecular weight is 417 g/mol. The number of anilines is 1. The lowest BCUT2D eigenvalue weighted by molar-refractivity contribution is 0.120. The molecule has 0 bridgehead atoms. The van der Waals surface area contributed by atoms with E-state index in [-0.39, 0.29) is 21.7 Å². The summed E-state index contributed by atoms with van der Waals surface area (Å²) < 4.78 is 37.8. The van der Waals surface area contributed by atoms with Gasteiger partial charge in [-0.2, -0.15) is 4.98 Å². The van der Waals surface area contributed by atoms with E-state index in [0.717, 1.165) is 10.4 Å². The highest BCUT2D eigenvalue weighted by Gasteiger charge is 2.31. The maximum Gasteiger partial charge on any atom is 0.236 e. The van der Waals surface area contributed by atoms with Crippen molar-refractivity contribution in [2.24, 2.45) is 0 Å². The Kier molecular flexibility index (Phi) is 5.34. The monoisotopic (exact) mass is 416 g/mol. The summed E-state index contributed by atoms with van der Waals surface area (Å²) in [6.07, 6.45) is 3.56. The fourth-order valence-electron chi connectivity index (χ4n) is 2.89. The number of thiophene rings is 1. The minimum atomic E-state index is -3.81. The van der Waals surface area contributed by atoms with E-state index in [1.165, 1.54) is 0 Å². The number of sulfone groups is 1. The van der Waals surface area contributed by atoms with Crippen LogP contribution in [0.1, 0.15) is 16.3 Å². The normalized spacial score (nSPS) is 15.4. The third-order valence-electron chi connectivity index (χ3n) is 4.41. The Morgan fingerprint density at radius 3 is 2.54 bits per heavy atom. The standard InChI is InChI=1S/C20H20N2O4S2/c1-15-4-7-17(8-5-15)28(23,24)19-20(22-10-12-25-13-11-22)26-18(21-19)9-6-16-3-2-14-27-16/h2-9,14H,10-13H2,1H3. The van der Waals surface area contributed by atoms with Gasteiger partial charge in [0, 0.05) is 24.0 Å². The van der Waals surface area contributed by atoms with Crippen LogP contribution in [0.25, 0.3) is 12.2 Å². The second kappa shape index (κ2) is 7.90. The van der Waals surface area contributed by atoms with Gasteiger partial charge < -0.3 is 14.1 Å². The van der Waals surface area contributed by atoms with Crippen LogP contribution in [0.15, 0.2) is 56.1 Å². The molecule has 8 heteroatoms. The van der Waals surface area contributed by atoms with Crippen molar-refractivity contribution in [1.82, 2.24) is 4.98 Å². The summed E-state index contributed by atoms with van der Waals surface area (Å²) >= 11 is 1.58. The van der Waals surface area contributed by atoms with Gasteiger partial charge in [-0.25, -0.2) is 8.42 Å². The van der Waals surface area contributed by atoms with Crippen molar-refractivity contribution in [3.63, 3.8) is 0 Å². The fraction of sp³-hybridized carbons (Fsp3) is 0.250. The lowest BCUT2D eigenvalue weighted by Gasteiger charge is -2.26. The van der Waals surface area contributed by atoms with Crippen LogP contribution in [0.4, 0.5) is 5.88 Å². The number of benzene rings is 1. The molecule has 1 aromatic carbocycles. The number of hydrogen-bond donors (Lipinski definition) is 0. The summed E-state index contributed by atoms with van der Waals surface area (Å²) in [5.74, 6) is 0.537. The Morgan fingerprint density at radius 1 is 1.11 bits per heavy atom. The third kappa shape index (κ3) is 3.89. The Balaban J connectivity index is 1.76. The average Bonchev–Trinajstić information content (AvgIpc) is 3.37. The molecule has 3 heterocycles. The van der Waals surface area contributed by atoms with Crippen LogP contribution in [0.3, 0.4) is 0 Å². The third-order valence-corrected chi connectivity index (χ3v) is 6.92. The highest BCUT2D eigenvalue weighted by molar-refractivity contribution is 7.91. The van der Waals surface area contributed by atoms with Crippen LogP contribution in [0.5, 0.6) is 0 Å². The molecule has 4 rings (SSSR count). The Hall–Kier alpha value is -2.42. The molecule has 28 heavy (non-hydrogen) atoms. The first kappa shape index (κ1) is 18.9. The first-order valence-corrected chi connectivity index (χ1v) is 11.3. The van der Waals surface area contributed by atoms with Gasteiger partial charge in [0.1, 0.15) is 0 Å². The molecule has 0 N–H and O–H groups in total. The molecule has 1 saturated heterocycles. The fourth-order valence-corrected chi connectivity index (χ4v) is 4.84. The molecule has 2 aromatic heterocycles. The predicted octanol–water partition coefficient (Wildman–Crippen LogP) is 3.88. The number of nitrogens with zero attached hydrogens (tertiary/aromatic N) is 2. The molecule has 1 aliphatic heterocycles. The van der Waals surface area contributed by atoms with E-state index in [2.05, 4.69) is 4.98 Å². The first-order valence-electron chi connectivity index (χ1n) is 8.91. The van der Waals surface area contributed by atoms with E-state index in [4.69, 9.17) is 9.15 Å². The molecule has 0 atom stereocenters. The van der Waals surface area contributed by atoms with Crippen LogP contribution in [-0.2, 0) is 14.6 Å². The first-order chi connectivity index (χ1) is 13.5. The van der Waals surface area contributed by atoms with Crippen LogP contribution in [0, 0.1) is 6.92 Å². The van der Waals surface area contributed by atoms with Gasteiger partial charge in [0.2, 0.25) is 26.6 Å². The summed E-state index contributed by atoms with van der Waals surface area (Å²) in [4.78, 5) is 7.45. The lowest BCUT2D eigenvalue weighted by Crippen LogP contribution is -2.36. The van der Waals surface area contributed by atoms with Crippen LogP contribution in [0.2, 0.25) is 0 Å². The maximum atomic E-state index is 13.3. The smallest absolute Gasteiger partial charge is 0.236 e. The molecule has 0 amide bonds. The number of aromatic nitrogens is 1. The number of oxazole rings is 1.